The molecule has 0 saturated carbocycles. The molecule has 9 heteroatoms. The van der Waals surface area contributed by atoms with Crippen LogP contribution < -0.4 is 4.72 Å². The molecule has 2 heterocycles. The molecule has 3 rings (SSSR count). The molecule has 6 nitrogen and oxygen atoms in total. The predicted octanol–water partition coefficient (Wildman–Crippen LogP) is 3.04. The normalized spacial score (nSPS) is 11.5. The van der Waals surface area contributed by atoms with Gasteiger partial charge in [-0.05, 0) is 31.5 Å². The molecule has 0 spiro atoms. The van der Waals surface area contributed by atoms with Gasteiger partial charge in [0.1, 0.15) is 27.0 Å². The molecule has 112 valence electrons. The van der Waals surface area contributed by atoms with Crippen molar-refractivity contribution in [3.05, 3.63) is 34.2 Å². The van der Waals surface area contributed by atoms with Gasteiger partial charge in [0.2, 0.25) is 0 Å². The van der Waals surface area contributed by atoms with Gasteiger partial charge in [0, 0.05) is 4.88 Å². The number of hydrogen-bond acceptors (Lipinski definition) is 7. The van der Waals surface area contributed by atoms with Crippen LogP contribution in [0.3, 0.4) is 0 Å². The summed E-state index contributed by atoms with van der Waals surface area (Å²) in [5.74, 6) is 0. The van der Waals surface area contributed by atoms with Gasteiger partial charge in [0.25, 0.3) is 10.0 Å². The van der Waals surface area contributed by atoms with E-state index in [2.05, 4.69) is 13.5 Å². The number of aryl methyl sites for hydroxylation is 1. The molecule has 1 aromatic carbocycles. The number of benzene rings is 1. The van der Waals surface area contributed by atoms with Crippen LogP contribution in [0, 0.1) is 25.2 Å². The molecule has 1 N–H and O–H groups in total. The first kappa shape index (κ1) is 14.9. The number of fused-ring (bicyclic) bond motifs is 1. The van der Waals surface area contributed by atoms with E-state index in [0.717, 1.165) is 22.2 Å². The summed E-state index contributed by atoms with van der Waals surface area (Å²) in [6, 6.07) is 6.85. The van der Waals surface area contributed by atoms with Crippen LogP contribution in [0.5, 0.6) is 0 Å². The highest BCUT2D eigenvalue weighted by Gasteiger charge is 2.23. The van der Waals surface area contributed by atoms with Gasteiger partial charge in [-0.1, -0.05) is 6.07 Å². The van der Waals surface area contributed by atoms with Crippen molar-refractivity contribution in [2.75, 3.05) is 4.72 Å². The largest absolute Gasteiger partial charge is 0.269 e. The number of nitriles is 1. The maximum absolute atomic E-state index is 12.6. The van der Waals surface area contributed by atoms with E-state index in [9.17, 15) is 13.7 Å². The third-order valence-electron chi connectivity index (χ3n) is 3.26. The zero-order valence-electron chi connectivity index (χ0n) is 11.6. The van der Waals surface area contributed by atoms with Gasteiger partial charge in [-0.2, -0.15) is 14.0 Å². The number of hydrogen-bond donors (Lipinski definition) is 1. The van der Waals surface area contributed by atoms with E-state index in [1.807, 2.05) is 13.0 Å². The van der Waals surface area contributed by atoms with Crippen LogP contribution in [-0.2, 0) is 10.0 Å². The van der Waals surface area contributed by atoms with Crippen LogP contribution in [0.2, 0.25) is 0 Å². The highest BCUT2D eigenvalue weighted by atomic mass is 32.2. The zero-order chi connectivity index (χ0) is 15.9. The highest BCUT2D eigenvalue weighted by molar-refractivity contribution is 7.93. The summed E-state index contributed by atoms with van der Waals surface area (Å²) < 4.78 is 35.8. The molecule has 0 amide bonds. The molecule has 3 aromatic rings. The number of nitrogens with zero attached hydrogens (tertiary/aromatic N) is 3. The third-order valence-corrected chi connectivity index (χ3v) is 6.44. The molecular formula is C13H10N4O2S3. The highest BCUT2D eigenvalue weighted by Crippen LogP contribution is 2.34. The van der Waals surface area contributed by atoms with Gasteiger partial charge in [-0.3, -0.25) is 4.72 Å². The number of nitrogens with one attached hydrogen (secondary N) is 1. The number of rotatable bonds is 3. The topological polar surface area (TPSA) is 95.7 Å². The SMILES string of the molecule is Cc1sc(NS(=O)(=O)c2cccc3nsnc23)c(C#N)c1C. The summed E-state index contributed by atoms with van der Waals surface area (Å²) in [6.45, 7) is 3.65. The van der Waals surface area contributed by atoms with E-state index in [4.69, 9.17) is 0 Å². The standard InChI is InChI=1S/C13H10N4O2S3/c1-7-8(2)20-13(9(7)6-14)17-22(18,19)11-5-3-4-10-12(11)16-21-15-10/h3-5,17H,1-2H3. The Labute approximate surface area is 135 Å². The Morgan fingerprint density at radius 1 is 1.27 bits per heavy atom. The molecule has 0 aliphatic rings. The second kappa shape index (κ2) is 5.31. The van der Waals surface area contributed by atoms with Crippen LogP contribution in [0.4, 0.5) is 5.00 Å². The molecule has 0 saturated heterocycles. The summed E-state index contributed by atoms with van der Waals surface area (Å²) in [6.07, 6.45) is 0. The van der Waals surface area contributed by atoms with E-state index in [0.29, 0.717) is 21.6 Å². The van der Waals surface area contributed by atoms with E-state index in [1.165, 1.54) is 17.4 Å². The molecule has 0 aliphatic carbocycles. The van der Waals surface area contributed by atoms with Gasteiger partial charge in [0.05, 0.1) is 17.3 Å². The number of sulfonamides is 1. The fraction of sp³-hybridized carbons (Fsp3) is 0.154. The Bertz CT molecular complexity index is 1010. The average Bonchev–Trinajstić information content (AvgIpc) is 3.03. The van der Waals surface area contributed by atoms with E-state index < -0.39 is 10.0 Å². The molecule has 0 unspecified atom stereocenters. The van der Waals surface area contributed by atoms with Crippen molar-refractivity contribution in [1.29, 1.82) is 5.26 Å². The quantitative estimate of drug-likeness (QED) is 0.783. The molecule has 0 aliphatic heterocycles. The van der Waals surface area contributed by atoms with Crippen molar-refractivity contribution >= 4 is 49.1 Å². The lowest BCUT2D eigenvalue weighted by Gasteiger charge is -2.06. The Morgan fingerprint density at radius 2 is 2.05 bits per heavy atom. The number of aromatic nitrogens is 2. The van der Waals surface area contributed by atoms with Crippen molar-refractivity contribution in [3.8, 4) is 6.07 Å². The Hall–Kier alpha value is -2.02. The first-order valence-corrected chi connectivity index (χ1v) is 9.21. The van der Waals surface area contributed by atoms with Crippen molar-refractivity contribution in [1.82, 2.24) is 8.75 Å². The van der Waals surface area contributed by atoms with Crippen molar-refractivity contribution in [2.45, 2.75) is 18.7 Å². The molecule has 0 radical (unpaired) electrons. The molecule has 0 atom stereocenters. The summed E-state index contributed by atoms with van der Waals surface area (Å²) in [4.78, 5) is 0.967. The smallest absolute Gasteiger partial charge is 0.264 e. The maximum atomic E-state index is 12.6. The zero-order valence-corrected chi connectivity index (χ0v) is 14.1. The summed E-state index contributed by atoms with van der Waals surface area (Å²) in [5.41, 5.74) is 2.02. The first-order valence-electron chi connectivity index (χ1n) is 6.18. The van der Waals surface area contributed by atoms with Crippen LogP contribution in [0.1, 0.15) is 16.0 Å². The summed E-state index contributed by atoms with van der Waals surface area (Å²) >= 11 is 2.21. The fourth-order valence-electron chi connectivity index (χ4n) is 2.01. The second-order valence-corrected chi connectivity index (χ2v) is 8.00. The van der Waals surface area contributed by atoms with Crippen LogP contribution >= 0.6 is 23.1 Å². The predicted molar refractivity (Wildman–Crippen MR) is 86.7 cm³/mol. The second-order valence-electron chi connectivity index (χ2n) is 4.59. The first-order chi connectivity index (χ1) is 10.4. The molecule has 0 fully saturated rings. The minimum Gasteiger partial charge on any atom is -0.269 e. The van der Waals surface area contributed by atoms with Crippen molar-refractivity contribution < 1.29 is 8.42 Å². The summed E-state index contributed by atoms with van der Waals surface area (Å²) in [5, 5.41) is 9.55. The number of thiophene rings is 1. The monoisotopic (exact) mass is 350 g/mol. The van der Waals surface area contributed by atoms with E-state index in [1.54, 1.807) is 19.1 Å². The Balaban J connectivity index is 2.11. The van der Waals surface area contributed by atoms with Gasteiger partial charge in [-0.15, -0.1) is 11.3 Å². The lowest BCUT2D eigenvalue weighted by atomic mass is 10.2. The molecule has 2 aromatic heterocycles. The van der Waals surface area contributed by atoms with Crippen LogP contribution in [0.25, 0.3) is 11.0 Å². The van der Waals surface area contributed by atoms with Gasteiger partial charge >= 0.3 is 0 Å². The third kappa shape index (κ3) is 2.35. The van der Waals surface area contributed by atoms with Gasteiger partial charge in [0.15, 0.2) is 0 Å². The van der Waals surface area contributed by atoms with Crippen molar-refractivity contribution in [3.63, 3.8) is 0 Å². The molecular weight excluding hydrogens is 340 g/mol. The van der Waals surface area contributed by atoms with E-state index >= 15 is 0 Å². The Kier molecular flexibility index (Phi) is 3.60. The summed E-state index contributed by atoms with van der Waals surface area (Å²) in [7, 11) is -3.83. The van der Waals surface area contributed by atoms with Gasteiger partial charge in [-0.25, -0.2) is 8.42 Å². The van der Waals surface area contributed by atoms with Crippen LogP contribution in [-0.4, -0.2) is 17.2 Å². The fourth-order valence-corrected chi connectivity index (χ4v) is 5.09. The van der Waals surface area contributed by atoms with Gasteiger partial charge < -0.3 is 0 Å². The minimum absolute atomic E-state index is 0.0614. The lowest BCUT2D eigenvalue weighted by molar-refractivity contribution is 0.602. The lowest BCUT2D eigenvalue weighted by Crippen LogP contribution is -2.13. The molecule has 22 heavy (non-hydrogen) atoms. The molecule has 0 bridgehead atoms. The van der Waals surface area contributed by atoms with Crippen molar-refractivity contribution in [2.24, 2.45) is 0 Å². The van der Waals surface area contributed by atoms with E-state index in [-0.39, 0.29) is 4.90 Å². The van der Waals surface area contributed by atoms with Crippen LogP contribution in [0.15, 0.2) is 23.1 Å². The minimum atomic E-state index is -3.83. The average molecular weight is 350 g/mol. The Morgan fingerprint density at radius 3 is 2.77 bits per heavy atom. The number of anilines is 1. The maximum Gasteiger partial charge on any atom is 0.264 e.